The molecule has 0 aromatic carbocycles. The lowest BCUT2D eigenvalue weighted by atomic mass is 11.0. The van der Waals surface area contributed by atoms with Gasteiger partial charge in [-0.3, -0.25) is 0 Å². The van der Waals surface area contributed by atoms with E-state index >= 15 is 0 Å². The first kappa shape index (κ1) is 9.86. The molecule has 0 fully saturated rings. The molecule has 0 aliphatic heterocycles. The molecule has 0 saturated heterocycles. The Morgan fingerprint density at radius 2 is 1.33 bits per heavy atom. The first-order chi connectivity index (χ1) is 4.04. The van der Waals surface area contributed by atoms with Crippen LogP contribution in [0.15, 0.2) is 14.6 Å². The van der Waals surface area contributed by atoms with E-state index in [9.17, 15) is 0 Å². The zero-order valence-electron chi connectivity index (χ0n) is 3.84. The summed E-state index contributed by atoms with van der Waals surface area (Å²) in [5.41, 5.74) is 0. The maximum absolute atomic E-state index is 5.27. The van der Waals surface area contributed by atoms with Gasteiger partial charge in [-0.25, -0.2) is 4.99 Å². The van der Waals surface area contributed by atoms with E-state index in [1.54, 1.807) is 0 Å². The lowest BCUT2D eigenvalue weighted by Crippen LogP contribution is -1.70. The summed E-state index contributed by atoms with van der Waals surface area (Å²) < 4.78 is -0.408. The van der Waals surface area contributed by atoms with Gasteiger partial charge >= 0.3 is 0 Å². The zero-order valence-corrected chi connectivity index (χ0v) is 7.62. The highest BCUT2D eigenvalue weighted by Crippen LogP contribution is 2.19. The van der Waals surface area contributed by atoms with E-state index in [1.807, 2.05) is 0 Å². The summed E-state index contributed by atoms with van der Waals surface area (Å²) in [6.07, 6.45) is 0. The molecule has 0 rings (SSSR count). The lowest BCUT2D eigenvalue weighted by molar-refractivity contribution is 1.55. The summed E-state index contributed by atoms with van der Waals surface area (Å²) in [6.45, 7) is 0. The van der Waals surface area contributed by atoms with Gasteiger partial charge in [0, 0.05) is 0 Å². The van der Waals surface area contributed by atoms with Gasteiger partial charge in [-0.1, -0.05) is 34.8 Å². The fourth-order valence-corrected chi connectivity index (χ4v) is 0.541. The van der Waals surface area contributed by atoms with Crippen LogP contribution in [-0.4, -0.2) is 4.63 Å². The highest BCUT2D eigenvalue weighted by molar-refractivity contribution is 6.95. The molecule has 0 aliphatic carbocycles. The predicted octanol–water partition coefficient (Wildman–Crippen LogP) is 3.66. The SMILES string of the molecule is ClC(Cl)=NC(Cl)=C(Cl)Cl. The fourth-order valence-electron chi connectivity index (χ4n) is 0.116. The minimum absolute atomic E-state index is 0.127. The van der Waals surface area contributed by atoms with Crippen LogP contribution in [0.25, 0.3) is 0 Å². The molecule has 0 radical (unpaired) electrons. The number of rotatable bonds is 1. The molecule has 0 bridgehead atoms. The van der Waals surface area contributed by atoms with Crippen molar-refractivity contribution in [2.45, 2.75) is 0 Å². The monoisotopic (exact) mass is 225 g/mol. The summed E-state index contributed by atoms with van der Waals surface area (Å²) in [5, 5.41) is -0.127. The number of nitrogens with zero attached hydrogens (tertiary/aromatic N) is 1. The Bertz CT molecular complexity index is 152. The van der Waals surface area contributed by atoms with Crippen molar-refractivity contribution in [3.63, 3.8) is 0 Å². The van der Waals surface area contributed by atoms with Crippen molar-refractivity contribution in [1.29, 1.82) is 0 Å². The summed E-state index contributed by atoms with van der Waals surface area (Å²) in [5.74, 6) is 0. The van der Waals surface area contributed by atoms with Gasteiger partial charge in [0.2, 0.25) is 0 Å². The molecule has 52 valence electrons. The molecule has 0 N–H and O–H groups in total. The summed E-state index contributed by atoms with van der Waals surface area (Å²) in [7, 11) is 0. The van der Waals surface area contributed by atoms with E-state index < -0.39 is 0 Å². The third-order valence-electron chi connectivity index (χ3n) is 0.339. The van der Waals surface area contributed by atoms with Gasteiger partial charge in [0.15, 0.2) is 9.79 Å². The van der Waals surface area contributed by atoms with Gasteiger partial charge in [0.1, 0.15) is 4.49 Å². The Morgan fingerprint density at radius 1 is 0.889 bits per heavy atom. The molecular formula is C3Cl5N. The smallest absolute Gasteiger partial charge is 0.198 e. The average molecular weight is 227 g/mol. The summed E-state index contributed by atoms with van der Waals surface area (Å²) in [6, 6.07) is 0. The van der Waals surface area contributed by atoms with Crippen LogP contribution < -0.4 is 0 Å². The van der Waals surface area contributed by atoms with Crippen molar-refractivity contribution in [3.05, 3.63) is 9.65 Å². The van der Waals surface area contributed by atoms with Gasteiger partial charge in [-0.2, -0.15) is 0 Å². The van der Waals surface area contributed by atoms with Crippen molar-refractivity contribution in [3.8, 4) is 0 Å². The second kappa shape index (κ2) is 4.64. The highest BCUT2D eigenvalue weighted by atomic mass is 35.5. The van der Waals surface area contributed by atoms with Crippen LogP contribution in [0.5, 0.6) is 0 Å². The molecule has 0 heterocycles. The minimum atomic E-state index is -0.237. The van der Waals surface area contributed by atoms with Gasteiger partial charge in [0.05, 0.1) is 0 Å². The van der Waals surface area contributed by atoms with Crippen LogP contribution in [0.2, 0.25) is 0 Å². The maximum atomic E-state index is 5.27. The van der Waals surface area contributed by atoms with E-state index in [0.717, 1.165) is 0 Å². The molecule has 0 unspecified atom stereocenters. The van der Waals surface area contributed by atoms with E-state index in [4.69, 9.17) is 58.0 Å². The summed E-state index contributed by atoms with van der Waals surface area (Å²) >= 11 is 25.8. The number of halogens is 5. The molecule has 0 saturated carbocycles. The first-order valence-corrected chi connectivity index (χ1v) is 3.53. The van der Waals surface area contributed by atoms with Crippen molar-refractivity contribution in [2.24, 2.45) is 4.99 Å². The molecule has 1 nitrogen and oxygen atoms in total. The van der Waals surface area contributed by atoms with E-state index in [-0.39, 0.29) is 14.3 Å². The van der Waals surface area contributed by atoms with Crippen molar-refractivity contribution in [2.75, 3.05) is 0 Å². The van der Waals surface area contributed by atoms with Crippen LogP contribution in [0, 0.1) is 0 Å². The van der Waals surface area contributed by atoms with E-state index in [2.05, 4.69) is 4.99 Å². The van der Waals surface area contributed by atoms with Crippen molar-refractivity contribution in [1.82, 2.24) is 0 Å². The molecule has 0 aliphatic rings. The minimum Gasteiger partial charge on any atom is -0.210 e. The topological polar surface area (TPSA) is 12.4 Å². The Morgan fingerprint density at radius 3 is 1.44 bits per heavy atom. The second-order valence-corrected chi connectivity index (χ2v) is 3.12. The van der Waals surface area contributed by atoms with Crippen LogP contribution >= 0.6 is 58.0 Å². The van der Waals surface area contributed by atoms with Gasteiger partial charge in [0.25, 0.3) is 0 Å². The van der Waals surface area contributed by atoms with E-state index in [1.165, 1.54) is 0 Å². The molecule has 6 heteroatoms. The molecule has 9 heavy (non-hydrogen) atoms. The molecular weight excluding hydrogens is 227 g/mol. The zero-order chi connectivity index (χ0) is 7.44. The Balaban J connectivity index is 4.25. The molecule has 0 aromatic heterocycles. The quantitative estimate of drug-likeness (QED) is 0.479. The van der Waals surface area contributed by atoms with Gasteiger partial charge in [-0.05, 0) is 23.2 Å². The average Bonchev–Trinajstić information content (AvgIpc) is 1.63. The molecule has 0 aromatic rings. The number of aliphatic imine (C=N–C) groups is 1. The first-order valence-electron chi connectivity index (χ1n) is 1.64. The predicted molar refractivity (Wildman–Crippen MR) is 43.7 cm³/mol. The van der Waals surface area contributed by atoms with Crippen molar-refractivity contribution >= 4 is 62.6 Å². The standard InChI is InChI=1S/C3Cl5N/c4-1(5)2(6)9-3(7)8. The molecule has 0 spiro atoms. The lowest BCUT2D eigenvalue weighted by Gasteiger charge is -1.86. The summed E-state index contributed by atoms with van der Waals surface area (Å²) in [4.78, 5) is 3.31. The second-order valence-electron chi connectivity index (χ2n) is 0.903. The maximum Gasteiger partial charge on any atom is 0.198 e. The largest absolute Gasteiger partial charge is 0.210 e. The van der Waals surface area contributed by atoms with Crippen LogP contribution in [0.4, 0.5) is 0 Å². The van der Waals surface area contributed by atoms with Crippen molar-refractivity contribution < 1.29 is 0 Å². The van der Waals surface area contributed by atoms with Gasteiger partial charge < -0.3 is 0 Å². The number of hydrogen-bond donors (Lipinski definition) is 0. The third-order valence-corrected chi connectivity index (χ3v) is 1.33. The Kier molecular flexibility index (Phi) is 5.08. The van der Waals surface area contributed by atoms with E-state index in [0.29, 0.717) is 0 Å². The van der Waals surface area contributed by atoms with Crippen LogP contribution in [0.3, 0.4) is 0 Å². The Hall–Kier alpha value is 0.860. The van der Waals surface area contributed by atoms with Crippen LogP contribution in [0.1, 0.15) is 0 Å². The fraction of sp³-hybridized carbons (Fsp3) is 0. The van der Waals surface area contributed by atoms with Crippen LogP contribution in [-0.2, 0) is 0 Å². The van der Waals surface area contributed by atoms with Gasteiger partial charge in [-0.15, -0.1) is 0 Å². The Labute approximate surface area is 77.2 Å². The molecule has 0 atom stereocenters. The molecule has 0 amide bonds. The third kappa shape index (κ3) is 5.31. The highest BCUT2D eigenvalue weighted by Gasteiger charge is 1.95. The normalized spacial score (nSPS) is 8.56. The number of hydrogen-bond acceptors (Lipinski definition) is 1.